The predicted molar refractivity (Wildman–Crippen MR) is 118 cm³/mol. The zero-order valence-corrected chi connectivity index (χ0v) is 19.4. The van der Waals surface area contributed by atoms with Gasteiger partial charge in [0.25, 0.3) is 0 Å². The Morgan fingerprint density at radius 1 is 1.00 bits per heavy atom. The number of nitrogens with zero attached hydrogens (tertiary/aromatic N) is 2. The molecule has 2 aliphatic carbocycles. The van der Waals surface area contributed by atoms with E-state index in [4.69, 9.17) is 0 Å². The Kier molecular flexibility index (Phi) is 6.01. The van der Waals surface area contributed by atoms with Crippen LogP contribution in [0.5, 0.6) is 0 Å². The highest BCUT2D eigenvalue weighted by Gasteiger charge is 2.45. The van der Waals surface area contributed by atoms with E-state index in [9.17, 15) is 13.2 Å². The molecular formula is C24H36N2O3S. The summed E-state index contributed by atoms with van der Waals surface area (Å²) in [6.45, 7) is 7.84. The van der Waals surface area contributed by atoms with E-state index < -0.39 is 10.0 Å². The number of hydrogen-bond donors (Lipinski definition) is 0. The lowest BCUT2D eigenvalue weighted by atomic mass is 9.70. The molecule has 1 amide bonds. The summed E-state index contributed by atoms with van der Waals surface area (Å²) in [6, 6.07) is 9.38. The standard InChI is InChI=1S/C24H36N2O3S/c1-18-15-21(17-24(2,3)16-18)26(20-9-10-20)23(27)19-11-13-25(14-12-19)30(28,29)22-7-5-4-6-8-22/h4-8,18-21H,9-17H2,1-3H3. The first-order valence-corrected chi connectivity index (χ1v) is 13.0. The molecule has 6 heteroatoms. The number of hydrogen-bond acceptors (Lipinski definition) is 3. The van der Waals surface area contributed by atoms with Crippen LogP contribution < -0.4 is 0 Å². The number of carbonyl (C=O) groups is 1. The zero-order chi connectivity index (χ0) is 21.5. The van der Waals surface area contributed by atoms with Crippen LogP contribution in [-0.2, 0) is 14.8 Å². The maximum Gasteiger partial charge on any atom is 0.243 e. The van der Waals surface area contributed by atoms with Gasteiger partial charge in [0.1, 0.15) is 0 Å². The molecule has 0 bridgehead atoms. The van der Waals surface area contributed by atoms with Gasteiger partial charge >= 0.3 is 0 Å². The molecule has 0 N–H and O–H groups in total. The van der Waals surface area contributed by atoms with Crippen molar-refractivity contribution in [3.8, 4) is 0 Å². The molecule has 4 rings (SSSR count). The van der Waals surface area contributed by atoms with Crippen LogP contribution in [0.4, 0.5) is 0 Å². The fourth-order valence-corrected chi connectivity index (χ4v) is 7.30. The topological polar surface area (TPSA) is 57.7 Å². The molecular weight excluding hydrogens is 396 g/mol. The Bertz CT molecular complexity index is 856. The second-order valence-electron chi connectivity index (χ2n) is 10.5. The highest BCUT2D eigenvalue weighted by molar-refractivity contribution is 7.89. The molecule has 2 atom stereocenters. The number of amides is 1. The minimum atomic E-state index is -3.47. The van der Waals surface area contributed by atoms with Crippen molar-refractivity contribution in [2.24, 2.45) is 17.3 Å². The Morgan fingerprint density at radius 3 is 2.20 bits per heavy atom. The van der Waals surface area contributed by atoms with Crippen molar-refractivity contribution in [3.63, 3.8) is 0 Å². The third-order valence-electron chi connectivity index (χ3n) is 7.14. The van der Waals surface area contributed by atoms with Crippen molar-refractivity contribution in [2.75, 3.05) is 13.1 Å². The second kappa shape index (κ2) is 8.27. The van der Waals surface area contributed by atoms with E-state index in [1.165, 1.54) is 6.42 Å². The summed E-state index contributed by atoms with van der Waals surface area (Å²) < 4.78 is 27.4. The van der Waals surface area contributed by atoms with Crippen LogP contribution in [0, 0.1) is 17.3 Å². The summed E-state index contributed by atoms with van der Waals surface area (Å²) in [5.74, 6) is 0.878. The van der Waals surface area contributed by atoms with Gasteiger partial charge in [0, 0.05) is 31.1 Å². The lowest BCUT2D eigenvalue weighted by Crippen LogP contribution is -2.51. The molecule has 0 aromatic heterocycles. The Balaban J connectivity index is 1.43. The fourth-order valence-electron chi connectivity index (χ4n) is 5.81. The van der Waals surface area contributed by atoms with E-state index in [2.05, 4.69) is 25.7 Å². The normalized spacial score (nSPS) is 28.2. The summed E-state index contributed by atoms with van der Waals surface area (Å²) in [7, 11) is -3.47. The van der Waals surface area contributed by atoms with Crippen molar-refractivity contribution in [1.82, 2.24) is 9.21 Å². The van der Waals surface area contributed by atoms with Crippen LogP contribution >= 0.6 is 0 Å². The molecule has 2 unspecified atom stereocenters. The monoisotopic (exact) mass is 432 g/mol. The number of carbonyl (C=O) groups excluding carboxylic acids is 1. The van der Waals surface area contributed by atoms with E-state index in [0.29, 0.717) is 48.8 Å². The third-order valence-corrected chi connectivity index (χ3v) is 9.05. The quantitative estimate of drug-likeness (QED) is 0.697. The van der Waals surface area contributed by atoms with Crippen LogP contribution in [0.3, 0.4) is 0 Å². The predicted octanol–water partition coefficient (Wildman–Crippen LogP) is 4.29. The van der Waals surface area contributed by atoms with E-state index in [1.807, 2.05) is 6.07 Å². The largest absolute Gasteiger partial charge is 0.336 e. The van der Waals surface area contributed by atoms with E-state index >= 15 is 0 Å². The van der Waals surface area contributed by atoms with Gasteiger partial charge in [0.15, 0.2) is 0 Å². The van der Waals surface area contributed by atoms with E-state index in [-0.39, 0.29) is 17.2 Å². The Morgan fingerprint density at radius 2 is 1.63 bits per heavy atom. The summed E-state index contributed by atoms with van der Waals surface area (Å²) in [4.78, 5) is 16.2. The molecule has 166 valence electrons. The fraction of sp³-hybridized carbons (Fsp3) is 0.708. The average molecular weight is 433 g/mol. The van der Waals surface area contributed by atoms with Crippen molar-refractivity contribution >= 4 is 15.9 Å². The Hall–Kier alpha value is -1.40. The van der Waals surface area contributed by atoms with E-state index in [1.54, 1.807) is 28.6 Å². The van der Waals surface area contributed by atoms with Gasteiger partial charge in [-0.2, -0.15) is 4.31 Å². The van der Waals surface area contributed by atoms with Crippen molar-refractivity contribution in [2.45, 2.75) is 82.7 Å². The Labute approximate surface area is 181 Å². The van der Waals surface area contributed by atoms with Crippen LogP contribution in [0.15, 0.2) is 35.2 Å². The average Bonchev–Trinajstić information content (AvgIpc) is 3.52. The molecule has 0 spiro atoms. The van der Waals surface area contributed by atoms with Crippen LogP contribution in [0.25, 0.3) is 0 Å². The van der Waals surface area contributed by atoms with Gasteiger partial charge in [0.2, 0.25) is 15.9 Å². The van der Waals surface area contributed by atoms with Crippen LogP contribution in [0.1, 0.15) is 65.7 Å². The molecule has 3 fully saturated rings. The molecule has 1 aromatic carbocycles. The highest BCUT2D eigenvalue weighted by atomic mass is 32.2. The summed E-state index contributed by atoms with van der Waals surface area (Å²) in [5, 5.41) is 0. The van der Waals surface area contributed by atoms with E-state index in [0.717, 1.165) is 25.7 Å². The minimum Gasteiger partial charge on any atom is -0.336 e. The second-order valence-corrected chi connectivity index (χ2v) is 12.5. The molecule has 0 radical (unpaired) electrons. The maximum atomic E-state index is 13.6. The van der Waals surface area contributed by atoms with Gasteiger partial charge < -0.3 is 4.90 Å². The molecule has 1 aliphatic heterocycles. The molecule has 2 saturated carbocycles. The summed E-state index contributed by atoms with van der Waals surface area (Å²) >= 11 is 0. The lowest BCUT2D eigenvalue weighted by Gasteiger charge is -2.45. The number of rotatable bonds is 5. The molecule has 1 saturated heterocycles. The van der Waals surface area contributed by atoms with Gasteiger partial charge in [0.05, 0.1) is 4.90 Å². The zero-order valence-electron chi connectivity index (χ0n) is 18.6. The van der Waals surface area contributed by atoms with Crippen LogP contribution in [0.2, 0.25) is 0 Å². The van der Waals surface area contributed by atoms with Gasteiger partial charge in [-0.3, -0.25) is 4.79 Å². The maximum absolute atomic E-state index is 13.6. The van der Waals surface area contributed by atoms with Gasteiger partial charge in [-0.1, -0.05) is 39.0 Å². The molecule has 5 nitrogen and oxygen atoms in total. The smallest absolute Gasteiger partial charge is 0.243 e. The SMILES string of the molecule is CC1CC(N(C(=O)C2CCN(S(=O)(=O)c3ccccc3)CC2)C2CC2)CC(C)(C)C1. The molecule has 1 heterocycles. The van der Waals surface area contributed by atoms with Crippen molar-refractivity contribution in [3.05, 3.63) is 30.3 Å². The molecule has 1 aromatic rings. The van der Waals surface area contributed by atoms with Crippen LogP contribution in [-0.4, -0.2) is 48.7 Å². The summed E-state index contributed by atoms with van der Waals surface area (Å²) in [5.41, 5.74) is 0.281. The van der Waals surface area contributed by atoms with Gasteiger partial charge in [-0.15, -0.1) is 0 Å². The van der Waals surface area contributed by atoms with Crippen molar-refractivity contribution < 1.29 is 13.2 Å². The number of piperidine rings is 1. The first-order valence-electron chi connectivity index (χ1n) is 11.5. The van der Waals surface area contributed by atoms with Crippen molar-refractivity contribution in [1.29, 1.82) is 0 Å². The number of benzene rings is 1. The number of sulfonamides is 1. The first-order chi connectivity index (χ1) is 14.2. The van der Waals surface area contributed by atoms with Gasteiger partial charge in [-0.25, -0.2) is 8.42 Å². The van der Waals surface area contributed by atoms with Gasteiger partial charge in [-0.05, 0) is 68.4 Å². The first kappa shape index (κ1) is 21.8. The minimum absolute atomic E-state index is 0.0480. The highest BCUT2D eigenvalue weighted by Crippen LogP contribution is 2.44. The third kappa shape index (κ3) is 4.59. The molecule has 3 aliphatic rings. The summed E-state index contributed by atoms with van der Waals surface area (Å²) in [6.07, 6.45) is 6.91. The molecule has 30 heavy (non-hydrogen) atoms. The lowest BCUT2D eigenvalue weighted by molar-refractivity contribution is -0.142.